The van der Waals surface area contributed by atoms with Crippen molar-refractivity contribution in [3.05, 3.63) is 61.1 Å². The number of carbonyl (C=O) groups is 2. The van der Waals surface area contributed by atoms with Crippen molar-refractivity contribution in [3.8, 4) is 11.3 Å². The van der Waals surface area contributed by atoms with Gasteiger partial charge in [0.15, 0.2) is 0 Å². The average molecular weight is 476 g/mol. The van der Waals surface area contributed by atoms with Crippen molar-refractivity contribution in [2.45, 2.75) is 52.7 Å². The Morgan fingerprint density at radius 2 is 1.54 bits per heavy atom. The smallest absolute Gasteiger partial charge is 0.435 e. The second-order valence-corrected chi connectivity index (χ2v) is 10.1. The normalized spacial score (nSPS) is 11.9. The zero-order valence-electron chi connectivity index (χ0n) is 20.7. The number of pyridine rings is 1. The van der Waals surface area contributed by atoms with E-state index in [1.807, 2.05) is 36.4 Å². The van der Waals surface area contributed by atoms with E-state index in [1.165, 1.54) is 17.0 Å². The SMILES string of the molecule is CC(C)(C)OC(=O)n1cc(-c2cc3cnc(Nc4ccccc4)cc3n2C(=O)OC(C)(C)C)cn1. The number of aromatic nitrogens is 4. The summed E-state index contributed by atoms with van der Waals surface area (Å²) in [6.45, 7) is 10.8. The number of nitrogens with one attached hydrogen (secondary N) is 1. The van der Waals surface area contributed by atoms with Gasteiger partial charge in [0.05, 0.1) is 17.4 Å². The van der Waals surface area contributed by atoms with Crippen LogP contribution in [0.4, 0.5) is 21.1 Å². The molecule has 4 aromatic rings. The van der Waals surface area contributed by atoms with Crippen molar-refractivity contribution >= 4 is 34.6 Å². The highest BCUT2D eigenvalue weighted by Crippen LogP contribution is 2.31. The van der Waals surface area contributed by atoms with Gasteiger partial charge in [0.1, 0.15) is 17.0 Å². The number of hydrogen-bond acceptors (Lipinski definition) is 7. The fourth-order valence-electron chi connectivity index (χ4n) is 3.42. The van der Waals surface area contributed by atoms with Crippen LogP contribution in [0.15, 0.2) is 61.1 Å². The first-order valence-corrected chi connectivity index (χ1v) is 11.2. The highest BCUT2D eigenvalue weighted by atomic mass is 16.6. The summed E-state index contributed by atoms with van der Waals surface area (Å²) in [5, 5.41) is 8.12. The van der Waals surface area contributed by atoms with E-state index in [-0.39, 0.29) is 0 Å². The molecule has 35 heavy (non-hydrogen) atoms. The Bertz CT molecular complexity index is 1370. The number of ether oxygens (including phenoxy) is 2. The van der Waals surface area contributed by atoms with Gasteiger partial charge in [-0.25, -0.2) is 19.1 Å². The van der Waals surface area contributed by atoms with Crippen molar-refractivity contribution in [1.29, 1.82) is 0 Å². The van der Waals surface area contributed by atoms with Gasteiger partial charge in [-0.3, -0.25) is 0 Å². The quantitative estimate of drug-likeness (QED) is 0.376. The first kappa shape index (κ1) is 24.0. The van der Waals surface area contributed by atoms with E-state index >= 15 is 0 Å². The molecule has 182 valence electrons. The Hall–Kier alpha value is -4.14. The maximum atomic E-state index is 13.3. The lowest BCUT2D eigenvalue weighted by atomic mass is 10.2. The van der Waals surface area contributed by atoms with Gasteiger partial charge < -0.3 is 14.8 Å². The fourth-order valence-corrected chi connectivity index (χ4v) is 3.42. The predicted octanol–water partition coefficient (Wildman–Crippen LogP) is 6.21. The number of hydrogen-bond donors (Lipinski definition) is 1. The van der Waals surface area contributed by atoms with E-state index in [0.29, 0.717) is 22.6 Å². The number of fused-ring (bicyclic) bond motifs is 1. The molecule has 9 nitrogen and oxygen atoms in total. The molecule has 9 heteroatoms. The van der Waals surface area contributed by atoms with Crippen LogP contribution in [0.3, 0.4) is 0 Å². The number of benzene rings is 1. The lowest BCUT2D eigenvalue weighted by molar-refractivity contribution is 0.0512. The summed E-state index contributed by atoms with van der Waals surface area (Å²) in [4.78, 5) is 30.3. The van der Waals surface area contributed by atoms with Crippen molar-refractivity contribution in [2.24, 2.45) is 0 Å². The maximum Gasteiger partial charge on any atom is 0.435 e. The largest absolute Gasteiger partial charge is 0.443 e. The van der Waals surface area contributed by atoms with Gasteiger partial charge in [-0.05, 0) is 59.7 Å². The summed E-state index contributed by atoms with van der Waals surface area (Å²) < 4.78 is 13.7. The van der Waals surface area contributed by atoms with Gasteiger partial charge in [-0.2, -0.15) is 9.78 Å². The molecular weight excluding hydrogens is 446 g/mol. The Morgan fingerprint density at radius 1 is 0.886 bits per heavy atom. The van der Waals surface area contributed by atoms with Gasteiger partial charge in [0, 0.05) is 35.1 Å². The number of carbonyl (C=O) groups excluding carboxylic acids is 2. The summed E-state index contributed by atoms with van der Waals surface area (Å²) in [5.41, 5.74) is 1.17. The van der Waals surface area contributed by atoms with Gasteiger partial charge in [-0.15, -0.1) is 0 Å². The highest BCUT2D eigenvalue weighted by molar-refractivity contribution is 5.97. The monoisotopic (exact) mass is 475 g/mol. The standard InChI is InChI=1S/C26H29N5O4/c1-25(2,3)34-23(32)30-16-18(15-28-30)20-12-17-14-27-22(29-19-10-8-7-9-11-19)13-21(17)31(20)24(33)35-26(4,5)6/h7-16H,1-6H3,(H,27,29). The molecule has 0 aliphatic heterocycles. The van der Waals surface area contributed by atoms with E-state index < -0.39 is 23.4 Å². The highest BCUT2D eigenvalue weighted by Gasteiger charge is 2.25. The van der Waals surface area contributed by atoms with E-state index in [4.69, 9.17) is 9.47 Å². The minimum Gasteiger partial charge on any atom is -0.443 e. The molecule has 0 saturated carbocycles. The first-order chi connectivity index (χ1) is 16.4. The molecule has 1 aromatic carbocycles. The van der Waals surface area contributed by atoms with E-state index in [1.54, 1.807) is 53.8 Å². The molecule has 3 heterocycles. The minimum absolute atomic E-state index is 0.516. The van der Waals surface area contributed by atoms with Crippen LogP contribution in [-0.4, -0.2) is 42.7 Å². The van der Waals surface area contributed by atoms with Crippen LogP contribution in [0.2, 0.25) is 0 Å². The lowest BCUT2D eigenvalue weighted by Gasteiger charge is -2.21. The maximum absolute atomic E-state index is 13.3. The molecule has 0 aliphatic rings. The lowest BCUT2D eigenvalue weighted by Crippen LogP contribution is -2.27. The summed E-state index contributed by atoms with van der Waals surface area (Å²) in [6, 6.07) is 13.2. The van der Waals surface area contributed by atoms with Crippen LogP contribution in [-0.2, 0) is 9.47 Å². The van der Waals surface area contributed by atoms with Crippen molar-refractivity contribution in [2.75, 3.05) is 5.32 Å². The molecule has 0 fully saturated rings. The molecule has 0 radical (unpaired) electrons. The van der Waals surface area contributed by atoms with Gasteiger partial charge in [0.2, 0.25) is 0 Å². The Labute approximate surface area is 203 Å². The topological polar surface area (TPSA) is 100 Å². The molecule has 4 rings (SSSR count). The third-order valence-corrected chi connectivity index (χ3v) is 4.77. The van der Waals surface area contributed by atoms with E-state index in [2.05, 4.69) is 15.4 Å². The third-order valence-electron chi connectivity index (χ3n) is 4.77. The molecule has 1 N–H and O–H groups in total. The molecule has 0 saturated heterocycles. The number of anilines is 2. The molecule has 0 unspecified atom stereocenters. The predicted molar refractivity (Wildman–Crippen MR) is 134 cm³/mol. The summed E-state index contributed by atoms with van der Waals surface area (Å²) >= 11 is 0. The number of rotatable bonds is 3. The second-order valence-electron chi connectivity index (χ2n) is 10.1. The molecule has 0 spiro atoms. The van der Waals surface area contributed by atoms with Crippen LogP contribution in [0.25, 0.3) is 22.2 Å². The Morgan fingerprint density at radius 3 is 2.20 bits per heavy atom. The van der Waals surface area contributed by atoms with Gasteiger partial charge >= 0.3 is 12.2 Å². The minimum atomic E-state index is -0.705. The fraction of sp³-hybridized carbons (Fsp3) is 0.308. The zero-order valence-corrected chi connectivity index (χ0v) is 20.7. The molecule has 0 aliphatic carbocycles. The third kappa shape index (κ3) is 5.68. The zero-order chi connectivity index (χ0) is 25.4. The van der Waals surface area contributed by atoms with Gasteiger partial charge in [0.25, 0.3) is 0 Å². The summed E-state index contributed by atoms with van der Waals surface area (Å²) in [6.07, 6.45) is 3.56. The van der Waals surface area contributed by atoms with Crippen LogP contribution in [0.5, 0.6) is 0 Å². The Kier molecular flexibility index (Phi) is 6.10. The van der Waals surface area contributed by atoms with Crippen LogP contribution in [0.1, 0.15) is 41.5 Å². The molecule has 0 bridgehead atoms. The average Bonchev–Trinajstić information content (AvgIpc) is 3.37. The van der Waals surface area contributed by atoms with Crippen molar-refractivity contribution in [1.82, 2.24) is 19.3 Å². The molecule has 0 atom stereocenters. The van der Waals surface area contributed by atoms with Gasteiger partial charge in [-0.1, -0.05) is 18.2 Å². The van der Waals surface area contributed by atoms with Crippen molar-refractivity contribution < 1.29 is 19.1 Å². The van der Waals surface area contributed by atoms with Crippen molar-refractivity contribution in [3.63, 3.8) is 0 Å². The molecular formula is C26H29N5O4. The summed E-state index contributed by atoms with van der Waals surface area (Å²) in [5.74, 6) is 0.572. The Balaban J connectivity index is 1.78. The number of nitrogens with zero attached hydrogens (tertiary/aromatic N) is 4. The summed E-state index contributed by atoms with van der Waals surface area (Å²) in [7, 11) is 0. The molecule has 3 aromatic heterocycles. The first-order valence-electron chi connectivity index (χ1n) is 11.2. The second kappa shape index (κ2) is 8.90. The van der Waals surface area contributed by atoms with Crippen LogP contribution >= 0.6 is 0 Å². The van der Waals surface area contributed by atoms with E-state index in [9.17, 15) is 9.59 Å². The van der Waals surface area contributed by atoms with Crippen LogP contribution in [0, 0.1) is 0 Å². The van der Waals surface area contributed by atoms with Crippen LogP contribution < -0.4 is 5.32 Å². The van der Waals surface area contributed by atoms with E-state index in [0.717, 1.165) is 15.8 Å². The number of para-hydroxylation sites is 1. The molecule has 0 amide bonds.